The number of allylic oxidation sites excluding steroid dienone is 3. The molecule has 3 heterocycles. The number of aryl methyl sites for hydroxylation is 2. The van der Waals surface area contributed by atoms with Crippen LogP contribution in [-0.4, -0.2) is 41.6 Å². The number of fused-ring (bicyclic) bond motifs is 1. The summed E-state index contributed by atoms with van der Waals surface area (Å²) in [4.78, 5) is 9.29. The van der Waals surface area contributed by atoms with Crippen LogP contribution in [0.4, 0.5) is 0 Å². The van der Waals surface area contributed by atoms with Crippen molar-refractivity contribution in [2.75, 3.05) is 26.5 Å². The molecule has 160 valence electrons. The molecule has 0 saturated heterocycles. The lowest BCUT2D eigenvalue weighted by Gasteiger charge is -2.17. The van der Waals surface area contributed by atoms with Gasteiger partial charge in [-0.05, 0) is 43.8 Å². The van der Waals surface area contributed by atoms with E-state index >= 15 is 0 Å². The molecule has 7 heteroatoms. The number of benzene rings is 1. The molecule has 1 atom stereocenters. The molecule has 0 aliphatic carbocycles. The van der Waals surface area contributed by atoms with Gasteiger partial charge in [-0.1, -0.05) is 26.5 Å². The number of methoxy groups -OCH3 is 1. The molecule has 3 aromatic rings. The minimum absolute atomic E-state index is 0.0782. The predicted octanol–water partition coefficient (Wildman–Crippen LogP) is 5.01. The van der Waals surface area contributed by atoms with Crippen LogP contribution in [-0.2, 0) is 0 Å². The summed E-state index contributed by atoms with van der Waals surface area (Å²) in [6.45, 7) is 4.15. The van der Waals surface area contributed by atoms with E-state index < -0.39 is 0 Å². The Bertz CT molecular complexity index is 1170. The summed E-state index contributed by atoms with van der Waals surface area (Å²) < 4.78 is 17.5. The molecular formula is C24H25N2O4P. The number of pyridine rings is 2. The highest BCUT2D eigenvalue weighted by Gasteiger charge is 2.17. The first-order chi connectivity index (χ1) is 15.1. The fourth-order valence-corrected chi connectivity index (χ4v) is 4.17. The Morgan fingerprint density at radius 1 is 1.10 bits per heavy atom. The summed E-state index contributed by atoms with van der Waals surface area (Å²) >= 11 is 0. The fourth-order valence-electron chi connectivity index (χ4n) is 3.35. The third-order valence-electron chi connectivity index (χ3n) is 5.05. The van der Waals surface area contributed by atoms with Gasteiger partial charge in [-0.3, -0.25) is 4.98 Å². The summed E-state index contributed by atoms with van der Waals surface area (Å²) in [6.07, 6.45) is 7.06. The van der Waals surface area contributed by atoms with E-state index in [9.17, 15) is 0 Å². The summed E-state index contributed by atoms with van der Waals surface area (Å²) in [7, 11) is 2.33. The van der Waals surface area contributed by atoms with Gasteiger partial charge < -0.3 is 19.3 Å². The van der Waals surface area contributed by atoms with Crippen molar-refractivity contribution in [3.05, 3.63) is 65.4 Å². The van der Waals surface area contributed by atoms with Crippen molar-refractivity contribution in [3.63, 3.8) is 0 Å². The van der Waals surface area contributed by atoms with Gasteiger partial charge in [0.15, 0.2) is 17.2 Å². The Kier molecular flexibility index (Phi) is 6.50. The van der Waals surface area contributed by atoms with Gasteiger partial charge >= 0.3 is 0 Å². The number of aliphatic hydroxyl groups excluding tert-OH is 1. The molecule has 0 saturated carbocycles. The molecule has 1 aromatic carbocycles. The van der Waals surface area contributed by atoms with Crippen molar-refractivity contribution in [2.24, 2.45) is 0 Å². The van der Waals surface area contributed by atoms with E-state index in [1.165, 1.54) is 0 Å². The van der Waals surface area contributed by atoms with Crippen LogP contribution in [0.3, 0.4) is 0 Å². The Labute approximate surface area is 183 Å². The maximum atomic E-state index is 9.07. The van der Waals surface area contributed by atoms with Gasteiger partial charge in [-0.25, -0.2) is 4.98 Å². The molecule has 0 amide bonds. The molecule has 2 aromatic heterocycles. The van der Waals surface area contributed by atoms with Crippen molar-refractivity contribution >= 4 is 25.1 Å². The van der Waals surface area contributed by atoms with Crippen LogP contribution >= 0.6 is 8.58 Å². The SMILES string of the molecule is COc1cc2c(Oc3cc(C)c(C)nc3C3=CPCC=C3)ccnc2cc1OCCO. The van der Waals surface area contributed by atoms with Crippen LogP contribution in [0.25, 0.3) is 16.5 Å². The molecule has 4 rings (SSSR count). The fraction of sp³-hybridized carbons (Fsp3) is 0.250. The Balaban J connectivity index is 1.79. The van der Waals surface area contributed by atoms with E-state index in [2.05, 4.69) is 23.0 Å². The molecule has 1 N–H and O–H groups in total. The second-order valence-corrected chi connectivity index (χ2v) is 8.26. The van der Waals surface area contributed by atoms with Crippen LogP contribution in [0.1, 0.15) is 17.0 Å². The number of rotatable bonds is 7. The van der Waals surface area contributed by atoms with Crippen LogP contribution in [0.2, 0.25) is 0 Å². The molecule has 0 fully saturated rings. The van der Waals surface area contributed by atoms with E-state index in [0.717, 1.165) is 42.7 Å². The molecule has 1 aliphatic heterocycles. The van der Waals surface area contributed by atoms with Crippen LogP contribution in [0, 0.1) is 13.8 Å². The Morgan fingerprint density at radius 3 is 2.71 bits per heavy atom. The van der Waals surface area contributed by atoms with Crippen LogP contribution in [0.15, 0.2) is 48.4 Å². The van der Waals surface area contributed by atoms with Crippen LogP contribution in [0.5, 0.6) is 23.0 Å². The quantitative estimate of drug-likeness (QED) is 0.525. The molecular weight excluding hydrogens is 411 g/mol. The summed E-state index contributed by atoms with van der Waals surface area (Å²) in [5.41, 5.74) is 4.68. The molecule has 0 spiro atoms. The van der Waals surface area contributed by atoms with Gasteiger partial charge in [0.1, 0.15) is 18.1 Å². The van der Waals surface area contributed by atoms with Gasteiger partial charge in [-0.2, -0.15) is 0 Å². The van der Waals surface area contributed by atoms with Crippen molar-refractivity contribution in [1.82, 2.24) is 9.97 Å². The number of ether oxygens (including phenoxy) is 3. The first kappa shape index (κ1) is 21.3. The number of hydrogen-bond donors (Lipinski definition) is 1. The zero-order chi connectivity index (χ0) is 21.8. The van der Waals surface area contributed by atoms with Crippen molar-refractivity contribution in [2.45, 2.75) is 13.8 Å². The summed E-state index contributed by atoms with van der Waals surface area (Å²) in [5, 5.41) is 9.87. The average molecular weight is 436 g/mol. The smallest absolute Gasteiger partial charge is 0.163 e. The van der Waals surface area contributed by atoms with E-state index in [1.54, 1.807) is 19.4 Å². The highest BCUT2D eigenvalue weighted by atomic mass is 31.1. The van der Waals surface area contributed by atoms with Gasteiger partial charge in [-0.15, -0.1) is 0 Å². The largest absolute Gasteiger partial charge is 0.493 e. The number of aliphatic hydroxyl groups is 1. The zero-order valence-electron chi connectivity index (χ0n) is 17.8. The van der Waals surface area contributed by atoms with Gasteiger partial charge in [0.2, 0.25) is 0 Å². The second kappa shape index (κ2) is 9.46. The summed E-state index contributed by atoms with van der Waals surface area (Å²) in [5.74, 6) is 4.67. The van der Waals surface area contributed by atoms with Crippen molar-refractivity contribution in [3.8, 4) is 23.0 Å². The number of hydrogen-bond acceptors (Lipinski definition) is 6. The van der Waals surface area contributed by atoms with Gasteiger partial charge in [0.05, 0.1) is 19.2 Å². The number of nitrogens with zero attached hydrogens (tertiary/aromatic N) is 2. The Hall–Kier alpha value is -2.95. The Morgan fingerprint density at radius 2 is 1.97 bits per heavy atom. The first-order valence-corrected chi connectivity index (χ1v) is 11.4. The third kappa shape index (κ3) is 4.55. The van der Waals surface area contributed by atoms with Crippen molar-refractivity contribution in [1.29, 1.82) is 0 Å². The second-order valence-electron chi connectivity index (χ2n) is 7.15. The standard InChI is InChI=1S/C24H25N2O4P/c1-15-11-23(24(26-16(15)2)17-5-4-10-31-14-17)30-20-6-7-25-19-13-22(29-9-8-27)21(28-3)12-18(19)20/h4-7,11-14,27,31H,8-10H2,1-3H3. The minimum atomic E-state index is -0.0782. The van der Waals surface area contributed by atoms with E-state index in [-0.39, 0.29) is 13.2 Å². The lowest BCUT2D eigenvalue weighted by atomic mass is 10.1. The molecule has 6 nitrogen and oxygen atoms in total. The third-order valence-corrected chi connectivity index (χ3v) is 6.04. The summed E-state index contributed by atoms with van der Waals surface area (Å²) in [6, 6.07) is 7.51. The molecule has 0 radical (unpaired) electrons. The van der Waals surface area contributed by atoms with E-state index in [4.69, 9.17) is 24.3 Å². The molecule has 31 heavy (non-hydrogen) atoms. The monoisotopic (exact) mass is 436 g/mol. The highest BCUT2D eigenvalue weighted by Crippen LogP contribution is 2.40. The minimum Gasteiger partial charge on any atom is -0.493 e. The molecule has 1 unspecified atom stereocenters. The lowest BCUT2D eigenvalue weighted by Crippen LogP contribution is -2.03. The zero-order valence-corrected chi connectivity index (χ0v) is 18.8. The average Bonchev–Trinajstić information content (AvgIpc) is 2.80. The molecule has 1 aliphatic rings. The van der Waals surface area contributed by atoms with E-state index in [1.807, 2.05) is 32.0 Å². The number of aromatic nitrogens is 2. The highest BCUT2D eigenvalue weighted by molar-refractivity contribution is 7.42. The predicted molar refractivity (Wildman–Crippen MR) is 125 cm³/mol. The maximum Gasteiger partial charge on any atom is 0.163 e. The van der Waals surface area contributed by atoms with Crippen molar-refractivity contribution < 1.29 is 19.3 Å². The van der Waals surface area contributed by atoms with E-state index in [0.29, 0.717) is 28.5 Å². The van der Waals surface area contributed by atoms with Crippen LogP contribution < -0.4 is 14.2 Å². The lowest BCUT2D eigenvalue weighted by molar-refractivity contribution is 0.196. The molecule has 0 bridgehead atoms. The van der Waals surface area contributed by atoms with Gasteiger partial charge in [0.25, 0.3) is 0 Å². The van der Waals surface area contributed by atoms with Gasteiger partial charge in [0, 0.05) is 28.9 Å². The maximum absolute atomic E-state index is 9.07. The first-order valence-electron chi connectivity index (χ1n) is 10.1. The topological polar surface area (TPSA) is 73.7 Å². The normalized spacial score (nSPS) is 14.0.